The smallest absolute Gasteiger partial charge is 0.305 e. The summed E-state index contributed by atoms with van der Waals surface area (Å²) in [7, 11) is 0. The van der Waals surface area contributed by atoms with Crippen LogP contribution in [0.1, 0.15) is 5.69 Å². The Hall–Kier alpha value is -3.02. The Bertz CT molecular complexity index is 617. The number of nitro groups is 1. The molecule has 2 aromatic rings. The third kappa shape index (κ3) is 3.01. The van der Waals surface area contributed by atoms with Crippen molar-refractivity contribution in [1.82, 2.24) is 20.0 Å². The van der Waals surface area contributed by atoms with E-state index in [9.17, 15) is 10.1 Å². The summed E-state index contributed by atoms with van der Waals surface area (Å²) in [6.07, 6.45) is 3.28. The summed E-state index contributed by atoms with van der Waals surface area (Å²) in [4.78, 5) is 13.9. The van der Waals surface area contributed by atoms with Crippen LogP contribution in [0.5, 0.6) is 0 Å². The molecule has 9 nitrogen and oxygen atoms in total. The predicted octanol–water partition coefficient (Wildman–Crippen LogP) is 0.565. The summed E-state index contributed by atoms with van der Waals surface area (Å²) in [5.41, 5.74) is -0.514. The molecule has 0 aromatic carbocycles. The average molecular weight is 259 g/mol. The zero-order valence-corrected chi connectivity index (χ0v) is 9.72. The van der Waals surface area contributed by atoms with Gasteiger partial charge in [0.1, 0.15) is 11.9 Å². The predicted molar refractivity (Wildman–Crippen MR) is 64.1 cm³/mol. The van der Waals surface area contributed by atoms with Crippen molar-refractivity contribution in [2.75, 3.05) is 11.9 Å². The Kier molecular flexibility index (Phi) is 3.63. The molecule has 0 aliphatic heterocycles. The van der Waals surface area contributed by atoms with Crippen LogP contribution in [0, 0.1) is 21.4 Å². The fourth-order valence-corrected chi connectivity index (χ4v) is 1.43. The monoisotopic (exact) mass is 259 g/mol. The van der Waals surface area contributed by atoms with Crippen molar-refractivity contribution < 1.29 is 4.92 Å². The van der Waals surface area contributed by atoms with Crippen LogP contribution < -0.4 is 5.32 Å². The fraction of sp³-hybridized carbons (Fsp3) is 0.200. The van der Waals surface area contributed by atoms with Crippen LogP contribution in [0.2, 0.25) is 0 Å². The summed E-state index contributed by atoms with van der Waals surface area (Å²) in [5.74, 6) is 0.405. The summed E-state index contributed by atoms with van der Waals surface area (Å²) in [6.45, 7) is 1.08. The van der Waals surface area contributed by atoms with Crippen LogP contribution >= 0.6 is 0 Å². The number of nitrogens with zero attached hydrogens (tertiary/aromatic N) is 6. The van der Waals surface area contributed by atoms with Gasteiger partial charge in [0.05, 0.1) is 17.7 Å². The molecule has 0 aliphatic carbocycles. The van der Waals surface area contributed by atoms with Gasteiger partial charge in [-0.1, -0.05) is 5.21 Å². The quantitative estimate of drug-likeness (QED) is 0.614. The lowest BCUT2D eigenvalue weighted by Gasteiger charge is -2.05. The maximum atomic E-state index is 10.6. The van der Waals surface area contributed by atoms with Crippen LogP contribution in [0.3, 0.4) is 0 Å². The van der Waals surface area contributed by atoms with Crippen molar-refractivity contribution in [1.29, 1.82) is 5.26 Å². The van der Waals surface area contributed by atoms with E-state index in [1.54, 1.807) is 23.1 Å². The van der Waals surface area contributed by atoms with E-state index >= 15 is 0 Å². The highest BCUT2D eigenvalue weighted by atomic mass is 16.6. The Morgan fingerprint density at radius 2 is 2.37 bits per heavy atom. The fourth-order valence-electron chi connectivity index (χ4n) is 1.43. The second-order valence-corrected chi connectivity index (χ2v) is 3.53. The minimum Gasteiger partial charge on any atom is -0.368 e. The normalized spacial score (nSPS) is 9.84. The van der Waals surface area contributed by atoms with Gasteiger partial charge in [-0.05, 0) is 6.07 Å². The van der Waals surface area contributed by atoms with Gasteiger partial charge in [0.15, 0.2) is 0 Å². The topological polar surface area (TPSA) is 123 Å². The lowest BCUT2D eigenvalue weighted by molar-refractivity contribution is -0.385. The van der Waals surface area contributed by atoms with E-state index in [0.717, 1.165) is 0 Å². The lowest BCUT2D eigenvalue weighted by atomic mass is 10.3. The summed E-state index contributed by atoms with van der Waals surface area (Å²) in [6, 6.07) is 4.41. The van der Waals surface area contributed by atoms with E-state index in [4.69, 9.17) is 5.26 Å². The third-order valence-electron chi connectivity index (χ3n) is 2.30. The van der Waals surface area contributed by atoms with Gasteiger partial charge in [0.2, 0.25) is 5.69 Å². The van der Waals surface area contributed by atoms with Gasteiger partial charge in [-0.15, -0.1) is 5.10 Å². The number of nitriles is 1. The van der Waals surface area contributed by atoms with Gasteiger partial charge >= 0.3 is 5.69 Å². The average Bonchev–Trinajstić information content (AvgIpc) is 2.91. The number of hydrogen-bond acceptors (Lipinski definition) is 7. The van der Waals surface area contributed by atoms with Crippen LogP contribution in [0.15, 0.2) is 24.5 Å². The highest BCUT2D eigenvalue weighted by Gasteiger charge is 2.15. The maximum absolute atomic E-state index is 10.6. The number of anilines is 1. The summed E-state index contributed by atoms with van der Waals surface area (Å²) in [5, 5.41) is 29.8. The van der Waals surface area contributed by atoms with E-state index in [1.807, 2.05) is 0 Å². The minimum atomic E-state index is -0.634. The lowest BCUT2D eigenvalue weighted by Crippen LogP contribution is -2.12. The van der Waals surface area contributed by atoms with E-state index in [2.05, 4.69) is 20.6 Å². The Morgan fingerprint density at radius 3 is 3.00 bits per heavy atom. The Morgan fingerprint density at radius 1 is 1.53 bits per heavy atom. The highest BCUT2D eigenvalue weighted by Crippen LogP contribution is 2.17. The van der Waals surface area contributed by atoms with E-state index < -0.39 is 4.92 Å². The standard InChI is InChI=1S/C10H9N7O2/c11-7-8-9(17(18)19)1-2-10(14-8)12-3-5-16-6-4-13-15-16/h1-2,4,6H,3,5H2,(H,12,14). The molecule has 2 heterocycles. The SMILES string of the molecule is N#Cc1nc(NCCn2ccnn2)ccc1[N+](=O)[O-]. The number of pyridine rings is 1. The second kappa shape index (κ2) is 5.54. The molecular weight excluding hydrogens is 250 g/mol. The molecule has 0 aliphatic rings. The molecule has 0 saturated heterocycles. The van der Waals surface area contributed by atoms with E-state index in [0.29, 0.717) is 18.9 Å². The van der Waals surface area contributed by atoms with Crippen molar-refractivity contribution in [3.63, 3.8) is 0 Å². The van der Waals surface area contributed by atoms with Gasteiger partial charge in [-0.3, -0.25) is 14.8 Å². The number of nitrogens with one attached hydrogen (secondary N) is 1. The van der Waals surface area contributed by atoms with Gasteiger partial charge in [-0.2, -0.15) is 5.26 Å². The van der Waals surface area contributed by atoms with Gasteiger partial charge in [0.25, 0.3) is 0 Å². The number of rotatable bonds is 5. The molecule has 19 heavy (non-hydrogen) atoms. The first kappa shape index (κ1) is 12.4. The van der Waals surface area contributed by atoms with Crippen molar-refractivity contribution in [2.24, 2.45) is 0 Å². The molecule has 1 N–H and O–H groups in total. The molecule has 0 atom stereocenters. The molecule has 2 aromatic heterocycles. The van der Waals surface area contributed by atoms with E-state index in [-0.39, 0.29) is 11.4 Å². The van der Waals surface area contributed by atoms with Gasteiger partial charge in [0, 0.05) is 18.8 Å². The van der Waals surface area contributed by atoms with Crippen molar-refractivity contribution in [2.45, 2.75) is 6.54 Å². The van der Waals surface area contributed by atoms with Crippen molar-refractivity contribution >= 4 is 11.5 Å². The third-order valence-corrected chi connectivity index (χ3v) is 2.30. The molecule has 0 fully saturated rings. The molecule has 0 saturated carbocycles. The summed E-state index contributed by atoms with van der Waals surface area (Å²) < 4.78 is 1.63. The molecule has 96 valence electrons. The van der Waals surface area contributed by atoms with Crippen molar-refractivity contribution in [3.05, 3.63) is 40.3 Å². The molecule has 0 amide bonds. The first-order valence-electron chi connectivity index (χ1n) is 5.34. The maximum Gasteiger partial charge on any atom is 0.305 e. The first-order chi connectivity index (χ1) is 9.20. The van der Waals surface area contributed by atoms with E-state index in [1.165, 1.54) is 12.1 Å². The zero-order chi connectivity index (χ0) is 13.7. The van der Waals surface area contributed by atoms with Crippen molar-refractivity contribution in [3.8, 4) is 6.07 Å². The van der Waals surface area contributed by atoms with Crippen LogP contribution in [0.25, 0.3) is 0 Å². The molecule has 9 heteroatoms. The first-order valence-corrected chi connectivity index (χ1v) is 5.34. The highest BCUT2D eigenvalue weighted by molar-refractivity contribution is 5.50. The van der Waals surface area contributed by atoms with Gasteiger partial charge in [-0.25, -0.2) is 4.98 Å². The molecule has 2 rings (SSSR count). The van der Waals surface area contributed by atoms with Crippen LogP contribution in [-0.2, 0) is 6.54 Å². The molecular formula is C10H9N7O2. The van der Waals surface area contributed by atoms with Crippen LogP contribution in [0.4, 0.5) is 11.5 Å². The minimum absolute atomic E-state index is 0.212. The zero-order valence-electron chi connectivity index (χ0n) is 9.72. The molecule has 0 radical (unpaired) electrons. The second-order valence-electron chi connectivity index (χ2n) is 3.53. The van der Waals surface area contributed by atoms with Gasteiger partial charge < -0.3 is 5.32 Å². The Balaban J connectivity index is 2.01. The number of aromatic nitrogens is 4. The van der Waals surface area contributed by atoms with Crippen LogP contribution in [-0.4, -0.2) is 31.4 Å². The molecule has 0 bridgehead atoms. The Labute approximate surface area is 107 Å². The number of hydrogen-bond donors (Lipinski definition) is 1. The molecule has 0 unspecified atom stereocenters. The molecule has 0 spiro atoms. The largest absolute Gasteiger partial charge is 0.368 e. The summed E-state index contributed by atoms with van der Waals surface area (Å²) >= 11 is 0.